The van der Waals surface area contributed by atoms with Crippen molar-refractivity contribution < 1.29 is 13.2 Å². The minimum Gasteiger partial charge on any atom is -0.305 e. The smallest absolute Gasteiger partial charge is 0.305 e. The maximum atomic E-state index is 12.9. The SMILES string of the molecule is CNC(c1cn(C)nc1C(C)(C)C)C(F)(F)F. The first-order valence-electron chi connectivity index (χ1n) is 5.35. The summed E-state index contributed by atoms with van der Waals surface area (Å²) < 4.78 is 40.1. The van der Waals surface area contributed by atoms with Crippen molar-refractivity contribution in [1.29, 1.82) is 0 Å². The van der Waals surface area contributed by atoms with Crippen molar-refractivity contribution in [3.8, 4) is 0 Å². The van der Waals surface area contributed by atoms with E-state index in [1.807, 2.05) is 20.8 Å². The molecule has 6 heteroatoms. The summed E-state index contributed by atoms with van der Waals surface area (Å²) in [5, 5.41) is 6.45. The van der Waals surface area contributed by atoms with Crippen LogP contribution in [0.3, 0.4) is 0 Å². The normalized spacial score (nSPS) is 15.1. The number of rotatable bonds is 2. The number of aromatic nitrogens is 2. The third-order valence-electron chi connectivity index (χ3n) is 2.49. The van der Waals surface area contributed by atoms with Gasteiger partial charge in [0.15, 0.2) is 0 Å². The molecule has 1 aromatic rings. The van der Waals surface area contributed by atoms with E-state index in [0.717, 1.165) is 0 Å². The first-order chi connectivity index (χ1) is 7.57. The lowest BCUT2D eigenvalue weighted by molar-refractivity contribution is -0.156. The van der Waals surface area contributed by atoms with Gasteiger partial charge in [0.2, 0.25) is 0 Å². The highest BCUT2D eigenvalue weighted by Crippen LogP contribution is 2.37. The molecule has 0 spiro atoms. The van der Waals surface area contributed by atoms with Crippen LogP contribution in [0.5, 0.6) is 0 Å². The summed E-state index contributed by atoms with van der Waals surface area (Å²) in [6, 6.07) is -1.68. The Morgan fingerprint density at radius 3 is 2.18 bits per heavy atom. The molecule has 1 heterocycles. The predicted octanol–water partition coefficient (Wildman–Crippen LogP) is 2.54. The van der Waals surface area contributed by atoms with Crippen LogP contribution in [0.1, 0.15) is 38.1 Å². The number of nitrogens with one attached hydrogen (secondary N) is 1. The first-order valence-corrected chi connectivity index (χ1v) is 5.35. The standard InChI is InChI=1S/C11H18F3N3/c1-10(2,3)8-7(6-17(5)16-8)9(15-4)11(12,13)14/h6,9,15H,1-5H3. The maximum Gasteiger partial charge on any atom is 0.408 e. The Hall–Kier alpha value is -1.04. The summed E-state index contributed by atoms with van der Waals surface area (Å²) in [5.74, 6) is 0. The molecule has 17 heavy (non-hydrogen) atoms. The average molecular weight is 249 g/mol. The van der Waals surface area contributed by atoms with Crippen LogP contribution >= 0.6 is 0 Å². The summed E-state index contributed by atoms with van der Waals surface area (Å²) >= 11 is 0. The molecule has 0 aliphatic heterocycles. The van der Waals surface area contributed by atoms with Crippen LogP contribution in [0.25, 0.3) is 0 Å². The molecule has 0 fully saturated rings. The van der Waals surface area contributed by atoms with Crippen LogP contribution in [-0.2, 0) is 12.5 Å². The zero-order valence-electron chi connectivity index (χ0n) is 10.7. The van der Waals surface area contributed by atoms with Crippen molar-refractivity contribution >= 4 is 0 Å². The van der Waals surface area contributed by atoms with E-state index in [-0.39, 0.29) is 5.56 Å². The summed E-state index contributed by atoms with van der Waals surface area (Å²) in [6.45, 7) is 5.55. The predicted molar refractivity (Wildman–Crippen MR) is 59.8 cm³/mol. The van der Waals surface area contributed by atoms with Gasteiger partial charge in [0.25, 0.3) is 0 Å². The van der Waals surface area contributed by atoms with E-state index in [0.29, 0.717) is 5.69 Å². The molecule has 0 aliphatic rings. The molecule has 1 rings (SSSR count). The molecule has 1 aromatic heterocycles. The van der Waals surface area contributed by atoms with Gasteiger partial charge in [0.05, 0.1) is 5.69 Å². The molecule has 1 N–H and O–H groups in total. The molecule has 0 radical (unpaired) electrons. The van der Waals surface area contributed by atoms with Crippen molar-refractivity contribution in [3.05, 3.63) is 17.5 Å². The number of halogens is 3. The molecule has 0 bridgehead atoms. The highest BCUT2D eigenvalue weighted by Gasteiger charge is 2.43. The van der Waals surface area contributed by atoms with Crippen molar-refractivity contribution in [2.24, 2.45) is 7.05 Å². The Morgan fingerprint density at radius 2 is 1.82 bits per heavy atom. The van der Waals surface area contributed by atoms with Crippen molar-refractivity contribution in [2.75, 3.05) is 7.05 Å². The largest absolute Gasteiger partial charge is 0.408 e. The Morgan fingerprint density at radius 1 is 1.29 bits per heavy atom. The van der Waals surface area contributed by atoms with Gasteiger partial charge in [-0.05, 0) is 7.05 Å². The molecule has 0 amide bonds. The minimum atomic E-state index is -4.32. The number of aryl methyl sites for hydroxylation is 1. The second-order valence-corrected chi connectivity index (χ2v) is 5.12. The average Bonchev–Trinajstić information content (AvgIpc) is 2.45. The molecule has 1 atom stereocenters. The Kier molecular flexibility index (Phi) is 3.57. The van der Waals surface area contributed by atoms with E-state index in [4.69, 9.17) is 0 Å². The molecule has 98 valence electrons. The lowest BCUT2D eigenvalue weighted by atomic mass is 9.87. The highest BCUT2D eigenvalue weighted by molar-refractivity contribution is 5.28. The van der Waals surface area contributed by atoms with Gasteiger partial charge in [0, 0.05) is 24.2 Å². The van der Waals surface area contributed by atoms with Crippen LogP contribution < -0.4 is 5.32 Å². The number of alkyl halides is 3. The van der Waals surface area contributed by atoms with Crippen molar-refractivity contribution in [2.45, 2.75) is 38.4 Å². The van der Waals surface area contributed by atoms with Gasteiger partial charge in [-0.3, -0.25) is 4.68 Å². The minimum absolute atomic E-state index is 0.190. The quantitative estimate of drug-likeness (QED) is 0.873. The van der Waals surface area contributed by atoms with Gasteiger partial charge in [-0.25, -0.2) is 0 Å². The molecule has 0 aromatic carbocycles. The van der Waals surface area contributed by atoms with E-state index >= 15 is 0 Å². The van der Waals surface area contributed by atoms with Crippen molar-refractivity contribution in [1.82, 2.24) is 15.1 Å². The summed E-state index contributed by atoms with van der Waals surface area (Å²) in [5.41, 5.74) is 0.239. The Balaban J connectivity index is 3.30. The summed E-state index contributed by atoms with van der Waals surface area (Å²) in [6.07, 6.45) is -2.90. The molecular formula is C11H18F3N3. The van der Waals surface area contributed by atoms with Crippen LogP contribution in [0.2, 0.25) is 0 Å². The molecule has 0 aliphatic carbocycles. The van der Waals surface area contributed by atoms with E-state index in [1.165, 1.54) is 17.9 Å². The van der Waals surface area contributed by atoms with Crippen LogP contribution in [0.15, 0.2) is 6.20 Å². The summed E-state index contributed by atoms with van der Waals surface area (Å²) in [4.78, 5) is 0. The number of nitrogens with zero attached hydrogens (tertiary/aromatic N) is 2. The maximum absolute atomic E-state index is 12.9. The summed E-state index contributed by atoms with van der Waals surface area (Å²) in [7, 11) is 2.93. The highest BCUT2D eigenvalue weighted by atomic mass is 19.4. The van der Waals surface area contributed by atoms with Crippen LogP contribution in [-0.4, -0.2) is 23.0 Å². The molecule has 0 saturated heterocycles. The topological polar surface area (TPSA) is 29.9 Å². The number of hydrogen-bond donors (Lipinski definition) is 1. The fraction of sp³-hybridized carbons (Fsp3) is 0.727. The Bertz CT molecular complexity index is 388. The monoisotopic (exact) mass is 249 g/mol. The third kappa shape index (κ3) is 3.00. The van der Waals surface area contributed by atoms with Gasteiger partial charge >= 0.3 is 6.18 Å². The third-order valence-corrected chi connectivity index (χ3v) is 2.49. The molecule has 1 unspecified atom stereocenters. The van der Waals surface area contributed by atoms with E-state index in [9.17, 15) is 13.2 Å². The fourth-order valence-electron chi connectivity index (χ4n) is 1.80. The fourth-order valence-corrected chi connectivity index (χ4v) is 1.80. The zero-order valence-corrected chi connectivity index (χ0v) is 10.7. The van der Waals surface area contributed by atoms with E-state index in [1.54, 1.807) is 7.05 Å². The lowest BCUT2D eigenvalue weighted by Gasteiger charge is -2.24. The van der Waals surface area contributed by atoms with Crippen molar-refractivity contribution in [3.63, 3.8) is 0 Å². The molecule has 3 nitrogen and oxygen atoms in total. The van der Waals surface area contributed by atoms with Gasteiger partial charge in [-0.1, -0.05) is 20.8 Å². The van der Waals surface area contributed by atoms with Gasteiger partial charge in [-0.15, -0.1) is 0 Å². The van der Waals surface area contributed by atoms with Crippen LogP contribution in [0, 0.1) is 0 Å². The second kappa shape index (κ2) is 4.33. The Labute approximate surface area is 99.0 Å². The zero-order chi connectivity index (χ0) is 13.4. The lowest BCUT2D eigenvalue weighted by Crippen LogP contribution is -2.33. The van der Waals surface area contributed by atoms with Gasteiger partial charge in [-0.2, -0.15) is 18.3 Å². The second-order valence-electron chi connectivity index (χ2n) is 5.12. The molecular weight excluding hydrogens is 231 g/mol. The number of hydrogen-bond acceptors (Lipinski definition) is 2. The molecule has 0 saturated carbocycles. The van der Waals surface area contributed by atoms with Gasteiger partial charge in [0.1, 0.15) is 6.04 Å². The van der Waals surface area contributed by atoms with Crippen LogP contribution in [0.4, 0.5) is 13.2 Å². The van der Waals surface area contributed by atoms with E-state index in [2.05, 4.69) is 10.4 Å². The first kappa shape index (κ1) is 14.0. The van der Waals surface area contributed by atoms with E-state index < -0.39 is 17.6 Å². The van der Waals surface area contributed by atoms with Gasteiger partial charge < -0.3 is 5.32 Å².